The van der Waals surface area contributed by atoms with E-state index in [2.05, 4.69) is 12.2 Å². The van der Waals surface area contributed by atoms with E-state index >= 15 is 0 Å². The number of thioether (sulfide) groups is 1. The van der Waals surface area contributed by atoms with Gasteiger partial charge in [-0.1, -0.05) is 13.0 Å². The van der Waals surface area contributed by atoms with Gasteiger partial charge in [0.1, 0.15) is 10.7 Å². The third-order valence-corrected chi connectivity index (χ3v) is 5.29. The largest absolute Gasteiger partial charge is 0.397 e. The molecule has 0 aliphatic carbocycles. The molecule has 0 saturated heterocycles. The molecule has 0 aliphatic heterocycles. The van der Waals surface area contributed by atoms with Crippen molar-refractivity contribution in [2.24, 2.45) is 0 Å². The van der Waals surface area contributed by atoms with Crippen molar-refractivity contribution < 1.29 is 9.18 Å². The highest BCUT2D eigenvalue weighted by atomic mass is 32.2. The minimum absolute atomic E-state index is 0.0750. The smallest absolute Gasteiger partial charge is 0.263 e. The summed E-state index contributed by atoms with van der Waals surface area (Å²) in [5.74, 6) is 1.48. The number of fused-ring (bicyclic) bond motifs is 1. The Morgan fingerprint density at radius 1 is 1.52 bits per heavy atom. The first-order valence-electron chi connectivity index (χ1n) is 6.89. The van der Waals surface area contributed by atoms with E-state index in [1.54, 1.807) is 12.1 Å². The molecule has 1 amide bonds. The summed E-state index contributed by atoms with van der Waals surface area (Å²) < 4.78 is 14.5. The number of rotatable bonds is 6. The molecule has 1 unspecified atom stereocenters. The molecule has 0 spiro atoms. The lowest BCUT2D eigenvalue weighted by Crippen LogP contribution is -2.32. The first kappa shape index (κ1) is 16.1. The van der Waals surface area contributed by atoms with Crippen LogP contribution in [0.15, 0.2) is 18.2 Å². The van der Waals surface area contributed by atoms with Crippen molar-refractivity contribution in [3.63, 3.8) is 0 Å². The van der Waals surface area contributed by atoms with Gasteiger partial charge in [-0.3, -0.25) is 4.79 Å². The highest BCUT2D eigenvalue weighted by Gasteiger charge is 2.19. The van der Waals surface area contributed by atoms with E-state index in [1.165, 1.54) is 17.4 Å². The molecule has 3 nitrogen and oxygen atoms in total. The Labute approximate surface area is 132 Å². The third kappa shape index (κ3) is 3.68. The van der Waals surface area contributed by atoms with Gasteiger partial charge in [0.05, 0.1) is 11.1 Å². The van der Waals surface area contributed by atoms with Crippen LogP contribution in [0.4, 0.5) is 10.1 Å². The highest BCUT2D eigenvalue weighted by Crippen LogP contribution is 2.35. The number of carbonyl (C=O) groups excluding carboxylic acids is 1. The Balaban J connectivity index is 2.13. The summed E-state index contributed by atoms with van der Waals surface area (Å²) in [6, 6.07) is 4.83. The minimum atomic E-state index is -0.382. The maximum Gasteiger partial charge on any atom is 0.263 e. The SMILES string of the molecule is CCSCCC(C)NC(=O)c1sc2cccc(F)c2c1N. The molecule has 114 valence electrons. The number of thiophene rings is 1. The van der Waals surface area contributed by atoms with Gasteiger partial charge < -0.3 is 11.1 Å². The molecule has 1 atom stereocenters. The second-order valence-electron chi connectivity index (χ2n) is 4.82. The molecule has 0 aliphatic rings. The molecular formula is C15H19FN2OS2. The van der Waals surface area contributed by atoms with Crippen molar-refractivity contribution in [1.82, 2.24) is 5.32 Å². The average molecular weight is 326 g/mol. The van der Waals surface area contributed by atoms with Gasteiger partial charge in [0, 0.05) is 10.7 Å². The predicted molar refractivity (Wildman–Crippen MR) is 90.7 cm³/mol. The summed E-state index contributed by atoms with van der Waals surface area (Å²) >= 11 is 3.08. The van der Waals surface area contributed by atoms with Crippen molar-refractivity contribution in [3.05, 3.63) is 28.9 Å². The van der Waals surface area contributed by atoms with Crippen LogP contribution in [-0.2, 0) is 0 Å². The zero-order chi connectivity index (χ0) is 15.4. The molecule has 6 heteroatoms. The molecular weight excluding hydrogens is 307 g/mol. The second kappa shape index (κ2) is 7.13. The number of nitrogens with two attached hydrogens (primary N) is 1. The third-order valence-electron chi connectivity index (χ3n) is 3.18. The van der Waals surface area contributed by atoms with E-state index in [1.807, 2.05) is 18.7 Å². The average Bonchev–Trinajstić information content (AvgIpc) is 2.78. The summed E-state index contributed by atoms with van der Waals surface area (Å²) in [6.07, 6.45) is 0.906. The quantitative estimate of drug-likeness (QED) is 0.792. The normalized spacial score (nSPS) is 12.5. The Morgan fingerprint density at radius 3 is 2.95 bits per heavy atom. The van der Waals surface area contributed by atoms with Gasteiger partial charge in [0.2, 0.25) is 0 Å². The fourth-order valence-corrected chi connectivity index (χ4v) is 3.91. The van der Waals surface area contributed by atoms with Gasteiger partial charge in [-0.05, 0) is 37.0 Å². The van der Waals surface area contributed by atoms with Crippen molar-refractivity contribution in [1.29, 1.82) is 0 Å². The standard InChI is InChI=1S/C15H19FN2OS2/c1-3-20-8-7-9(2)18-15(19)14-13(17)12-10(16)5-4-6-11(12)21-14/h4-6,9H,3,7-8,17H2,1-2H3,(H,18,19). The van der Waals surface area contributed by atoms with Crippen LogP contribution in [0.3, 0.4) is 0 Å². The fourth-order valence-electron chi connectivity index (χ4n) is 2.06. The van der Waals surface area contributed by atoms with Crippen LogP contribution >= 0.6 is 23.1 Å². The lowest BCUT2D eigenvalue weighted by Gasteiger charge is -2.13. The molecule has 1 aromatic carbocycles. The molecule has 21 heavy (non-hydrogen) atoms. The van der Waals surface area contributed by atoms with Gasteiger partial charge in [-0.25, -0.2) is 4.39 Å². The van der Waals surface area contributed by atoms with E-state index in [0.29, 0.717) is 15.0 Å². The van der Waals surface area contributed by atoms with E-state index in [9.17, 15) is 9.18 Å². The molecule has 0 fully saturated rings. The van der Waals surface area contributed by atoms with Crippen LogP contribution in [0.5, 0.6) is 0 Å². The topological polar surface area (TPSA) is 55.1 Å². The first-order valence-corrected chi connectivity index (χ1v) is 8.86. The fraction of sp³-hybridized carbons (Fsp3) is 0.400. The van der Waals surface area contributed by atoms with Gasteiger partial charge in [0.15, 0.2) is 0 Å². The van der Waals surface area contributed by atoms with Crippen molar-refractivity contribution in [2.75, 3.05) is 17.2 Å². The van der Waals surface area contributed by atoms with Crippen LogP contribution in [0.25, 0.3) is 10.1 Å². The summed E-state index contributed by atoms with van der Waals surface area (Å²) in [5.41, 5.74) is 6.18. The van der Waals surface area contributed by atoms with Crippen molar-refractivity contribution in [3.8, 4) is 0 Å². The number of amides is 1. The molecule has 0 bridgehead atoms. The number of carbonyl (C=O) groups is 1. The lowest BCUT2D eigenvalue weighted by atomic mass is 10.2. The van der Waals surface area contributed by atoms with Gasteiger partial charge in [-0.15, -0.1) is 11.3 Å². The molecule has 2 rings (SSSR count). The number of benzene rings is 1. The summed E-state index contributed by atoms with van der Waals surface area (Å²) in [6.45, 7) is 4.08. The molecule has 2 aromatic rings. The lowest BCUT2D eigenvalue weighted by molar-refractivity contribution is 0.0944. The van der Waals surface area contributed by atoms with E-state index in [0.717, 1.165) is 17.9 Å². The highest BCUT2D eigenvalue weighted by molar-refractivity contribution is 7.99. The number of nitrogen functional groups attached to an aromatic ring is 1. The van der Waals surface area contributed by atoms with E-state index < -0.39 is 0 Å². The molecule has 0 radical (unpaired) electrons. The number of hydrogen-bond donors (Lipinski definition) is 2. The molecule has 1 aromatic heterocycles. The first-order chi connectivity index (χ1) is 10.0. The Hall–Kier alpha value is -1.27. The van der Waals surface area contributed by atoms with Crippen LogP contribution in [-0.4, -0.2) is 23.5 Å². The maximum atomic E-state index is 13.8. The zero-order valence-electron chi connectivity index (χ0n) is 12.1. The van der Waals surface area contributed by atoms with Crippen LogP contribution in [0.2, 0.25) is 0 Å². The Morgan fingerprint density at radius 2 is 2.29 bits per heavy atom. The van der Waals surface area contributed by atoms with Gasteiger partial charge in [0.25, 0.3) is 5.91 Å². The van der Waals surface area contributed by atoms with E-state index in [4.69, 9.17) is 5.73 Å². The maximum absolute atomic E-state index is 13.8. The monoisotopic (exact) mass is 326 g/mol. The Bertz CT molecular complexity index is 642. The van der Waals surface area contributed by atoms with Gasteiger partial charge >= 0.3 is 0 Å². The summed E-state index contributed by atoms with van der Waals surface area (Å²) in [7, 11) is 0. The molecule has 1 heterocycles. The van der Waals surface area contributed by atoms with Crippen molar-refractivity contribution >= 4 is 44.8 Å². The van der Waals surface area contributed by atoms with Crippen molar-refractivity contribution in [2.45, 2.75) is 26.3 Å². The summed E-state index contributed by atoms with van der Waals surface area (Å²) in [4.78, 5) is 12.7. The van der Waals surface area contributed by atoms with Crippen LogP contribution in [0.1, 0.15) is 29.9 Å². The van der Waals surface area contributed by atoms with Crippen LogP contribution in [0, 0.1) is 5.82 Å². The zero-order valence-corrected chi connectivity index (χ0v) is 13.7. The summed E-state index contributed by atoms with van der Waals surface area (Å²) in [5, 5.41) is 3.28. The van der Waals surface area contributed by atoms with E-state index in [-0.39, 0.29) is 23.5 Å². The number of nitrogens with one attached hydrogen (secondary N) is 1. The molecule has 3 N–H and O–H groups in total. The van der Waals surface area contributed by atoms with Crippen LogP contribution < -0.4 is 11.1 Å². The number of anilines is 1. The van der Waals surface area contributed by atoms with Gasteiger partial charge in [-0.2, -0.15) is 11.8 Å². The second-order valence-corrected chi connectivity index (χ2v) is 7.26. The number of halogens is 1. The minimum Gasteiger partial charge on any atom is -0.397 e. The number of hydrogen-bond acceptors (Lipinski definition) is 4. The molecule has 0 saturated carbocycles. The predicted octanol–water partition coefficient (Wildman–Crippen LogP) is 3.88. The Kier molecular flexibility index (Phi) is 5.47.